The molecule has 0 saturated heterocycles. The number of rotatable bonds is 1. The Balaban J connectivity index is 2.11. The highest BCUT2D eigenvalue weighted by atomic mass is 16.5. The van der Waals surface area contributed by atoms with Crippen molar-refractivity contribution in [1.82, 2.24) is 0 Å². The maximum atomic E-state index is 6.57. The molecule has 1 fully saturated rings. The molecule has 1 unspecified atom stereocenters. The maximum Gasteiger partial charge on any atom is 0.119 e. The molecule has 2 N–H and O–H groups in total. The first-order valence-electron chi connectivity index (χ1n) is 7.08. The molecule has 0 amide bonds. The van der Waals surface area contributed by atoms with Crippen molar-refractivity contribution >= 4 is 0 Å². The second-order valence-corrected chi connectivity index (χ2v) is 6.18. The number of nitrogens with two attached hydrogens (primary N) is 1. The van der Waals surface area contributed by atoms with Gasteiger partial charge in [-0.1, -0.05) is 25.8 Å². The molecule has 1 saturated carbocycles. The number of fused-ring (bicyclic) bond motifs is 4. The highest BCUT2D eigenvalue weighted by molar-refractivity contribution is 5.44. The second kappa shape index (κ2) is 4.27. The van der Waals surface area contributed by atoms with E-state index in [1.807, 2.05) is 0 Å². The fourth-order valence-corrected chi connectivity index (χ4v) is 4.01. The van der Waals surface area contributed by atoms with Gasteiger partial charge in [-0.2, -0.15) is 0 Å². The first-order valence-corrected chi connectivity index (χ1v) is 7.08. The van der Waals surface area contributed by atoms with Gasteiger partial charge in [0.15, 0.2) is 0 Å². The largest absolute Gasteiger partial charge is 0.497 e. The van der Waals surface area contributed by atoms with Gasteiger partial charge in [-0.25, -0.2) is 0 Å². The maximum absolute atomic E-state index is 6.57. The summed E-state index contributed by atoms with van der Waals surface area (Å²) in [7, 11) is 1.74. The summed E-state index contributed by atoms with van der Waals surface area (Å²) >= 11 is 0. The molecule has 3 rings (SSSR count). The van der Waals surface area contributed by atoms with Gasteiger partial charge in [-0.05, 0) is 48.4 Å². The molecule has 2 nitrogen and oxygen atoms in total. The van der Waals surface area contributed by atoms with Gasteiger partial charge < -0.3 is 10.5 Å². The van der Waals surface area contributed by atoms with Gasteiger partial charge in [-0.3, -0.25) is 0 Å². The summed E-state index contributed by atoms with van der Waals surface area (Å²) < 4.78 is 5.36. The van der Waals surface area contributed by atoms with Crippen molar-refractivity contribution < 1.29 is 4.74 Å². The van der Waals surface area contributed by atoms with E-state index in [1.165, 1.54) is 36.8 Å². The molecule has 0 radical (unpaired) electrons. The lowest BCUT2D eigenvalue weighted by Gasteiger charge is -2.44. The van der Waals surface area contributed by atoms with E-state index in [2.05, 4.69) is 25.1 Å². The Hall–Kier alpha value is -1.02. The van der Waals surface area contributed by atoms with Crippen LogP contribution in [0.25, 0.3) is 0 Å². The minimum Gasteiger partial charge on any atom is -0.497 e. The van der Waals surface area contributed by atoms with Crippen molar-refractivity contribution in [1.29, 1.82) is 0 Å². The molecule has 2 aliphatic carbocycles. The summed E-state index contributed by atoms with van der Waals surface area (Å²) in [5.74, 6) is 1.63. The number of hydrogen-bond acceptors (Lipinski definition) is 2. The Morgan fingerprint density at radius 3 is 2.94 bits per heavy atom. The quantitative estimate of drug-likeness (QED) is 0.825. The first-order chi connectivity index (χ1) is 8.65. The number of methoxy groups -OCH3 is 1. The molecule has 0 heterocycles. The van der Waals surface area contributed by atoms with Gasteiger partial charge in [0.25, 0.3) is 0 Å². The van der Waals surface area contributed by atoms with E-state index in [1.54, 1.807) is 7.11 Å². The van der Waals surface area contributed by atoms with Gasteiger partial charge in [0.05, 0.1) is 7.11 Å². The van der Waals surface area contributed by atoms with Crippen LogP contribution in [0.1, 0.15) is 43.7 Å². The summed E-state index contributed by atoms with van der Waals surface area (Å²) in [5, 5.41) is 0. The Labute approximate surface area is 110 Å². The molecule has 0 aromatic heterocycles. The third kappa shape index (κ3) is 1.66. The van der Waals surface area contributed by atoms with Gasteiger partial charge in [0.1, 0.15) is 5.75 Å². The number of hydrogen-bond donors (Lipinski definition) is 1. The van der Waals surface area contributed by atoms with Gasteiger partial charge in [0.2, 0.25) is 0 Å². The predicted molar refractivity (Wildman–Crippen MR) is 74.0 cm³/mol. The SMILES string of the molecule is COc1ccc2c(c1)CC1CCCC[C@@]2(C)[C@H]1N. The predicted octanol–water partition coefficient (Wildman–Crippen LogP) is 3.03. The third-order valence-electron chi connectivity index (χ3n) is 5.17. The van der Waals surface area contributed by atoms with Crippen LogP contribution in [0.15, 0.2) is 18.2 Å². The summed E-state index contributed by atoms with van der Waals surface area (Å²) in [5.41, 5.74) is 9.67. The average Bonchev–Trinajstić information content (AvgIpc) is 2.48. The molecule has 1 aromatic carbocycles. The molecular formula is C16H23NO. The van der Waals surface area contributed by atoms with Crippen molar-refractivity contribution in [3.63, 3.8) is 0 Å². The minimum absolute atomic E-state index is 0.168. The lowest BCUT2D eigenvalue weighted by molar-refractivity contribution is 0.254. The normalized spacial score (nSPS) is 34.6. The topological polar surface area (TPSA) is 35.2 Å². The van der Waals surface area contributed by atoms with Crippen LogP contribution in [-0.4, -0.2) is 13.2 Å². The average molecular weight is 245 g/mol. The number of ether oxygens (including phenoxy) is 1. The molecular weight excluding hydrogens is 222 g/mol. The van der Waals surface area contributed by atoms with Crippen LogP contribution < -0.4 is 10.5 Å². The standard InChI is InChI=1S/C16H23NO/c1-16-8-4-3-5-11(15(16)17)9-12-10-13(18-2)6-7-14(12)16/h6-7,10-11,15H,3-5,8-9,17H2,1-2H3/t11?,15-,16+/m0/s1. The third-order valence-corrected chi connectivity index (χ3v) is 5.17. The molecule has 2 heteroatoms. The Bertz CT molecular complexity index is 456. The van der Waals surface area contributed by atoms with Crippen LogP contribution in [-0.2, 0) is 11.8 Å². The zero-order valence-corrected chi connectivity index (χ0v) is 11.4. The monoisotopic (exact) mass is 245 g/mol. The van der Waals surface area contributed by atoms with E-state index in [9.17, 15) is 0 Å². The van der Waals surface area contributed by atoms with Gasteiger partial charge in [0, 0.05) is 11.5 Å². The molecule has 1 aromatic rings. The zero-order valence-electron chi connectivity index (χ0n) is 11.4. The molecule has 0 spiro atoms. The second-order valence-electron chi connectivity index (χ2n) is 6.18. The smallest absolute Gasteiger partial charge is 0.119 e. The van der Waals surface area contributed by atoms with Crippen LogP contribution in [0, 0.1) is 5.92 Å². The Morgan fingerprint density at radius 1 is 1.33 bits per heavy atom. The van der Waals surface area contributed by atoms with Crippen molar-refractivity contribution in [3.05, 3.63) is 29.3 Å². The fraction of sp³-hybridized carbons (Fsp3) is 0.625. The Morgan fingerprint density at radius 2 is 2.17 bits per heavy atom. The van der Waals surface area contributed by atoms with Crippen LogP contribution in [0.3, 0.4) is 0 Å². The van der Waals surface area contributed by atoms with E-state index < -0.39 is 0 Å². The fourth-order valence-electron chi connectivity index (χ4n) is 4.01. The Kier molecular flexibility index (Phi) is 2.86. The van der Waals surface area contributed by atoms with Crippen LogP contribution in [0.4, 0.5) is 0 Å². The summed E-state index contributed by atoms with van der Waals surface area (Å²) in [4.78, 5) is 0. The van der Waals surface area contributed by atoms with E-state index in [-0.39, 0.29) is 5.41 Å². The molecule has 98 valence electrons. The summed E-state index contributed by atoms with van der Waals surface area (Å²) in [6, 6.07) is 6.87. The molecule has 2 aliphatic rings. The van der Waals surface area contributed by atoms with Crippen LogP contribution in [0.5, 0.6) is 5.75 Å². The lowest BCUT2D eigenvalue weighted by Crippen LogP contribution is -2.51. The van der Waals surface area contributed by atoms with E-state index in [0.29, 0.717) is 12.0 Å². The van der Waals surface area contributed by atoms with Crippen LogP contribution in [0.2, 0.25) is 0 Å². The highest BCUT2D eigenvalue weighted by Crippen LogP contribution is 2.46. The van der Waals surface area contributed by atoms with Crippen molar-refractivity contribution in [3.8, 4) is 5.75 Å². The zero-order chi connectivity index (χ0) is 12.8. The molecule has 18 heavy (non-hydrogen) atoms. The molecule has 3 atom stereocenters. The highest BCUT2D eigenvalue weighted by Gasteiger charge is 2.44. The van der Waals surface area contributed by atoms with Crippen molar-refractivity contribution in [2.75, 3.05) is 7.11 Å². The number of benzene rings is 1. The summed E-state index contributed by atoms with van der Waals surface area (Å²) in [6.07, 6.45) is 6.28. The molecule has 0 aliphatic heterocycles. The first kappa shape index (κ1) is 12.0. The lowest BCUT2D eigenvalue weighted by atomic mass is 9.63. The summed E-state index contributed by atoms with van der Waals surface area (Å²) in [6.45, 7) is 2.36. The van der Waals surface area contributed by atoms with Crippen molar-refractivity contribution in [2.45, 2.75) is 50.5 Å². The minimum atomic E-state index is 0.168. The van der Waals surface area contributed by atoms with Crippen LogP contribution >= 0.6 is 0 Å². The van der Waals surface area contributed by atoms with E-state index in [4.69, 9.17) is 10.5 Å². The molecule has 2 bridgehead atoms. The van der Waals surface area contributed by atoms with Gasteiger partial charge >= 0.3 is 0 Å². The van der Waals surface area contributed by atoms with E-state index in [0.717, 1.165) is 12.2 Å². The van der Waals surface area contributed by atoms with Crippen molar-refractivity contribution in [2.24, 2.45) is 11.7 Å². The van der Waals surface area contributed by atoms with Gasteiger partial charge in [-0.15, -0.1) is 0 Å². The van der Waals surface area contributed by atoms with E-state index >= 15 is 0 Å².